The van der Waals surface area contributed by atoms with Crippen molar-refractivity contribution in [2.45, 2.75) is 18.2 Å². The maximum atomic E-state index is 12.6. The Bertz CT molecular complexity index is 769. The number of hydrogen-bond donors (Lipinski definition) is 0. The molecule has 0 radical (unpaired) electrons. The van der Waals surface area contributed by atoms with Gasteiger partial charge in [-0.15, -0.1) is 0 Å². The third-order valence-corrected chi connectivity index (χ3v) is 4.14. The lowest BCUT2D eigenvalue weighted by Crippen LogP contribution is -2.05. The smallest absolute Gasteiger partial charge is 0.310 e. The van der Waals surface area contributed by atoms with E-state index < -0.39 is 15.1 Å². The molecule has 0 bridgehead atoms. The molecule has 2 aromatic carbocycles. The van der Waals surface area contributed by atoms with Crippen molar-refractivity contribution in [2.75, 3.05) is 6.61 Å². The fourth-order valence-electron chi connectivity index (χ4n) is 1.79. The second-order valence-corrected chi connectivity index (χ2v) is 7.53. The Morgan fingerprint density at radius 1 is 0.792 bits per heavy atom. The number of hydrogen-bond acceptors (Lipinski definition) is 1. The third-order valence-electron chi connectivity index (χ3n) is 2.98. The molecule has 0 saturated carbocycles. The minimum Gasteiger partial charge on any atom is -0.494 e. The molecule has 2 aromatic rings. The molecule has 0 spiro atoms. The first-order valence-electron chi connectivity index (χ1n) is 7.07. The van der Waals surface area contributed by atoms with Gasteiger partial charge >= 0.3 is 10.2 Å². The Kier molecular flexibility index (Phi) is 4.31. The molecular weight excluding hydrogens is 347 g/mol. The number of rotatable bonds is 4. The molecule has 0 N–H and O–H groups in total. The zero-order valence-electron chi connectivity index (χ0n) is 12.7. The molecule has 0 aliphatic carbocycles. The summed E-state index contributed by atoms with van der Waals surface area (Å²) in [4.78, 5) is -1.92. The predicted molar refractivity (Wildman–Crippen MR) is 86.0 cm³/mol. The van der Waals surface area contributed by atoms with E-state index in [2.05, 4.69) is 11.8 Å². The fraction of sp³-hybridized carbons (Fsp3) is 0.176. The minimum absolute atomic E-state index is 0.215. The van der Waals surface area contributed by atoms with Crippen LogP contribution in [0.4, 0.5) is 19.4 Å². The molecule has 0 atom stereocenters. The van der Waals surface area contributed by atoms with Crippen molar-refractivity contribution in [1.82, 2.24) is 0 Å². The summed E-state index contributed by atoms with van der Waals surface area (Å²) in [5.74, 6) is 6.09. The maximum absolute atomic E-state index is 12.6. The van der Waals surface area contributed by atoms with Gasteiger partial charge in [-0.3, -0.25) is 0 Å². The highest BCUT2D eigenvalue weighted by molar-refractivity contribution is 8.45. The lowest BCUT2D eigenvalue weighted by Gasteiger charge is -2.40. The normalized spacial score (nSPS) is 14.1. The maximum Gasteiger partial charge on any atom is 0.310 e. The van der Waals surface area contributed by atoms with Crippen LogP contribution in [0.2, 0.25) is 0 Å². The van der Waals surface area contributed by atoms with Crippen molar-refractivity contribution >= 4 is 10.2 Å². The van der Waals surface area contributed by atoms with Gasteiger partial charge in [0.05, 0.1) is 6.61 Å². The van der Waals surface area contributed by atoms with Crippen LogP contribution in [-0.4, -0.2) is 6.61 Å². The van der Waals surface area contributed by atoms with Crippen molar-refractivity contribution in [3.05, 3.63) is 59.7 Å². The van der Waals surface area contributed by atoms with Crippen molar-refractivity contribution in [3.8, 4) is 17.6 Å². The Morgan fingerprint density at radius 3 is 1.67 bits per heavy atom. The molecule has 1 nitrogen and oxygen atoms in total. The van der Waals surface area contributed by atoms with E-state index in [0.29, 0.717) is 30.1 Å². The van der Waals surface area contributed by atoms with Crippen molar-refractivity contribution in [3.63, 3.8) is 0 Å². The van der Waals surface area contributed by atoms with Gasteiger partial charge in [-0.25, -0.2) is 0 Å². The molecule has 0 saturated heterocycles. The van der Waals surface area contributed by atoms with E-state index in [1.807, 2.05) is 6.92 Å². The predicted octanol–water partition coefficient (Wildman–Crippen LogP) is 6.53. The monoisotopic (exact) mass is 362 g/mol. The highest BCUT2D eigenvalue weighted by Gasteiger charge is 2.65. The summed E-state index contributed by atoms with van der Waals surface area (Å²) in [6, 6.07) is 9.45. The first-order valence-corrected chi connectivity index (χ1v) is 9.02. The average molecular weight is 362 g/mol. The molecule has 0 fully saturated rings. The highest BCUT2D eigenvalue weighted by Crippen LogP contribution is 3.02. The van der Waals surface area contributed by atoms with Gasteiger partial charge < -0.3 is 4.74 Å². The van der Waals surface area contributed by atoms with Crippen LogP contribution < -0.4 is 4.74 Å². The van der Waals surface area contributed by atoms with Crippen LogP contribution in [-0.2, 0) is 0 Å². The van der Waals surface area contributed by atoms with Gasteiger partial charge in [-0.1, -0.05) is 38.2 Å². The Balaban J connectivity index is 2.14. The summed E-state index contributed by atoms with van der Waals surface area (Å²) in [5.41, 5.74) is 0.850. The summed E-state index contributed by atoms with van der Waals surface area (Å²) in [6.07, 6.45) is 0.885. The first-order chi connectivity index (χ1) is 11.0. The summed E-state index contributed by atoms with van der Waals surface area (Å²) >= 11 is 0. The number of ether oxygens (including phenoxy) is 1. The van der Waals surface area contributed by atoms with Gasteiger partial charge in [-0.05, 0) is 55.0 Å². The van der Waals surface area contributed by atoms with Crippen LogP contribution in [0, 0.1) is 11.8 Å². The molecule has 0 aliphatic rings. The lowest BCUT2D eigenvalue weighted by molar-refractivity contribution is 0.317. The van der Waals surface area contributed by atoms with Gasteiger partial charge in [-0.2, -0.15) is 0 Å². The van der Waals surface area contributed by atoms with E-state index in [1.165, 1.54) is 0 Å². The van der Waals surface area contributed by atoms with E-state index in [0.717, 1.165) is 18.6 Å². The summed E-state index contributed by atoms with van der Waals surface area (Å²) in [6.45, 7) is 2.59. The van der Waals surface area contributed by atoms with E-state index in [9.17, 15) is 19.4 Å². The molecule has 0 amide bonds. The number of halogens is 5. The van der Waals surface area contributed by atoms with Gasteiger partial charge in [0, 0.05) is 11.1 Å². The lowest BCUT2D eigenvalue weighted by atomic mass is 10.2. The molecule has 7 heteroatoms. The van der Waals surface area contributed by atoms with Gasteiger partial charge in [0.25, 0.3) is 0 Å². The summed E-state index contributed by atoms with van der Waals surface area (Å²) in [7, 11) is -9.63. The van der Waals surface area contributed by atoms with Crippen molar-refractivity contribution in [2.24, 2.45) is 0 Å². The van der Waals surface area contributed by atoms with E-state index in [4.69, 9.17) is 4.74 Å². The van der Waals surface area contributed by atoms with E-state index >= 15 is 0 Å². The molecule has 0 heterocycles. The zero-order valence-corrected chi connectivity index (χ0v) is 13.6. The Hall–Kier alpha value is -2.20. The molecule has 130 valence electrons. The topological polar surface area (TPSA) is 9.23 Å². The number of benzene rings is 2. The van der Waals surface area contributed by atoms with Crippen LogP contribution in [0.1, 0.15) is 24.5 Å². The first kappa shape index (κ1) is 18.1. The molecule has 0 aliphatic heterocycles. The SMILES string of the molecule is CCCOc1ccc(C#Cc2ccc(S(F)(F)(F)(F)F)cc2)cc1. The van der Waals surface area contributed by atoms with Crippen LogP contribution in [0.25, 0.3) is 0 Å². The second-order valence-electron chi connectivity index (χ2n) is 5.12. The summed E-state index contributed by atoms with van der Waals surface area (Å²) in [5, 5.41) is 0. The van der Waals surface area contributed by atoms with Crippen LogP contribution in [0.15, 0.2) is 53.4 Å². The van der Waals surface area contributed by atoms with Crippen LogP contribution in [0.3, 0.4) is 0 Å². The fourth-order valence-corrected chi connectivity index (χ4v) is 2.44. The zero-order chi connectivity index (χ0) is 17.9. The molecule has 24 heavy (non-hydrogen) atoms. The molecule has 2 rings (SSSR count). The third kappa shape index (κ3) is 5.17. The Labute approximate surface area is 137 Å². The van der Waals surface area contributed by atoms with Gasteiger partial charge in [0.2, 0.25) is 0 Å². The van der Waals surface area contributed by atoms with Crippen molar-refractivity contribution < 1.29 is 24.2 Å². The highest BCUT2D eigenvalue weighted by atomic mass is 32.5. The quantitative estimate of drug-likeness (QED) is 0.444. The Morgan fingerprint density at radius 2 is 1.25 bits per heavy atom. The standard InChI is InChI=1S/C17H15F5OS/c1-2-13-23-16-9-5-14(6-10-16)3-4-15-7-11-17(12-8-15)24(18,19,20,21)22/h5-12H,2,13H2,1H3. The minimum atomic E-state index is -9.63. The largest absolute Gasteiger partial charge is 0.494 e. The van der Waals surface area contributed by atoms with Gasteiger partial charge in [0.1, 0.15) is 10.6 Å². The molecule has 0 aromatic heterocycles. The summed E-state index contributed by atoms with van der Waals surface area (Å²) < 4.78 is 68.5. The molecule has 0 unspecified atom stereocenters. The van der Waals surface area contributed by atoms with E-state index in [1.54, 1.807) is 24.3 Å². The van der Waals surface area contributed by atoms with Crippen LogP contribution >= 0.6 is 10.2 Å². The van der Waals surface area contributed by atoms with Crippen LogP contribution in [0.5, 0.6) is 5.75 Å². The second kappa shape index (κ2) is 5.71. The van der Waals surface area contributed by atoms with Gasteiger partial charge in [0.15, 0.2) is 0 Å². The van der Waals surface area contributed by atoms with Crippen molar-refractivity contribution in [1.29, 1.82) is 0 Å². The molecular formula is C17H15F5OS. The average Bonchev–Trinajstić information content (AvgIpc) is 2.50. The van der Waals surface area contributed by atoms with E-state index in [-0.39, 0.29) is 5.56 Å².